The van der Waals surface area contributed by atoms with Crippen molar-refractivity contribution in [2.45, 2.75) is 46.0 Å². The Morgan fingerprint density at radius 3 is 2.41 bits per heavy atom. The summed E-state index contributed by atoms with van der Waals surface area (Å²) < 4.78 is 4.98. The standard InChI is InChI=1S/C21H28N2O6/c1-13-9-18(24)16(17(13)11-23(27)28)10-20(26)29-12-19(25)22-15-7-5-14(6-8-15)21(2,3)4/h5-8,13,16-17H,9-12H2,1-4H3,(H,22,25)/t13-,16-,17-/m1/s1. The maximum absolute atomic E-state index is 12.1. The van der Waals surface area contributed by atoms with Gasteiger partial charge in [0, 0.05) is 28.9 Å². The van der Waals surface area contributed by atoms with Crippen molar-refractivity contribution in [1.29, 1.82) is 0 Å². The highest BCUT2D eigenvalue weighted by atomic mass is 16.6. The molecule has 8 nitrogen and oxygen atoms in total. The van der Waals surface area contributed by atoms with Crippen LogP contribution >= 0.6 is 0 Å². The number of Topliss-reactive ketones (excluding diaryl/α,β-unsaturated/α-hetero) is 1. The van der Waals surface area contributed by atoms with Gasteiger partial charge < -0.3 is 10.1 Å². The van der Waals surface area contributed by atoms with Crippen LogP contribution in [-0.2, 0) is 24.5 Å². The van der Waals surface area contributed by atoms with Crippen molar-refractivity contribution >= 4 is 23.3 Å². The molecule has 1 saturated carbocycles. The fraction of sp³-hybridized carbons (Fsp3) is 0.571. The van der Waals surface area contributed by atoms with E-state index in [1.165, 1.54) is 0 Å². The molecule has 1 N–H and O–H groups in total. The number of ketones is 1. The first-order chi connectivity index (χ1) is 13.5. The molecule has 158 valence electrons. The van der Waals surface area contributed by atoms with Crippen molar-refractivity contribution < 1.29 is 24.0 Å². The molecule has 0 heterocycles. The molecule has 0 unspecified atom stereocenters. The van der Waals surface area contributed by atoms with Gasteiger partial charge in [-0.25, -0.2) is 0 Å². The van der Waals surface area contributed by atoms with Gasteiger partial charge in [0.15, 0.2) is 6.61 Å². The Morgan fingerprint density at radius 1 is 1.24 bits per heavy atom. The Bertz CT molecular complexity index is 781. The number of carbonyl (C=O) groups is 3. The molecule has 3 atom stereocenters. The molecular weight excluding hydrogens is 376 g/mol. The number of anilines is 1. The molecule has 0 aliphatic heterocycles. The van der Waals surface area contributed by atoms with E-state index in [1.807, 2.05) is 12.1 Å². The van der Waals surface area contributed by atoms with Crippen molar-refractivity contribution in [3.05, 3.63) is 39.9 Å². The van der Waals surface area contributed by atoms with Crippen molar-refractivity contribution in [2.24, 2.45) is 17.8 Å². The minimum atomic E-state index is -0.726. The number of rotatable bonds is 7. The topological polar surface area (TPSA) is 116 Å². The van der Waals surface area contributed by atoms with Crippen LogP contribution in [0.4, 0.5) is 5.69 Å². The van der Waals surface area contributed by atoms with Gasteiger partial charge in [0.2, 0.25) is 6.54 Å². The summed E-state index contributed by atoms with van der Waals surface area (Å²) in [5, 5.41) is 13.5. The Morgan fingerprint density at radius 2 is 1.86 bits per heavy atom. The van der Waals surface area contributed by atoms with E-state index in [1.54, 1.807) is 19.1 Å². The molecule has 2 rings (SSSR count). The Balaban J connectivity index is 1.84. The zero-order valence-electron chi connectivity index (χ0n) is 17.3. The molecular formula is C21H28N2O6. The lowest BCUT2D eigenvalue weighted by atomic mass is 9.87. The van der Waals surface area contributed by atoms with E-state index >= 15 is 0 Å². The highest BCUT2D eigenvalue weighted by Gasteiger charge is 2.44. The number of carbonyl (C=O) groups excluding carboxylic acids is 3. The number of hydrogen-bond acceptors (Lipinski definition) is 6. The van der Waals surface area contributed by atoms with Crippen LogP contribution in [0.2, 0.25) is 0 Å². The number of nitro groups is 1. The average molecular weight is 404 g/mol. The molecule has 8 heteroatoms. The lowest BCUT2D eigenvalue weighted by Gasteiger charge is -2.19. The van der Waals surface area contributed by atoms with Gasteiger partial charge >= 0.3 is 5.97 Å². The molecule has 0 spiro atoms. The lowest BCUT2D eigenvalue weighted by molar-refractivity contribution is -0.490. The summed E-state index contributed by atoms with van der Waals surface area (Å²) in [7, 11) is 0. The predicted molar refractivity (Wildman–Crippen MR) is 107 cm³/mol. The minimum Gasteiger partial charge on any atom is -0.456 e. The van der Waals surface area contributed by atoms with Crippen molar-refractivity contribution in [1.82, 2.24) is 0 Å². The Kier molecular flexibility index (Phi) is 7.11. The van der Waals surface area contributed by atoms with Crippen molar-refractivity contribution in [2.75, 3.05) is 18.5 Å². The number of nitrogens with one attached hydrogen (secondary N) is 1. The smallest absolute Gasteiger partial charge is 0.307 e. The monoisotopic (exact) mass is 404 g/mol. The summed E-state index contributed by atoms with van der Waals surface area (Å²) in [4.78, 5) is 46.5. The number of benzene rings is 1. The summed E-state index contributed by atoms with van der Waals surface area (Å²) >= 11 is 0. The van der Waals surface area contributed by atoms with E-state index in [2.05, 4.69) is 26.1 Å². The van der Waals surface area contributed by atoms with Crippen LogP contribution in [0.5, 0.6) is 0 Å². The van der Waals surface area contributed by atoms with E-state index in [0.717, 1.165) is 5.56 Å². The van der Waals surface area contributed by atoms with Crippen LogP contribution in [0.25, 0.3) is 0 Å². The molecule has 1 aliphatic rings. The first-order valence-corrected chi connectivity index (χ1v) is 9.68. The normalized spacial score (nSPS) is 21.7. The maximum atomic E-state index is 12.1. The zero-order chi connectivity index (χ0) is 21.8. The molecule has 1 aromatic carbocycles. The number of nitrogens with zero attached hydrogens (tertiary/aromatic N) is 1. The summed E-state index contributed by atoms with van der Waals surface area (Å²) in [6.07, 6.45) is -0.0171. The fourth-order valence-corrected chi connectivity index (χ4v) is 3.64. The average Bonchev–Trinajstić information content (AvgIpc) is 2.86. The van der Waals surface area contributed by atoms with Crippen LogP contribution in [0.15, 0.2) is 24.3 Å². The SMILES string of the molecule is C[C@@H]1CC(=O)[C@H](CC(=O)OCC(=O)Nc2ccc(C(C)(C)C)cc2)[C@@H]1C[N+](=O)[O-]. The highest BCUT2D eigenvalue weighted by Crippen LogP contribution is 2.36. The third-order valence-electron chi connectivity index (χ3n) is 5.33. The van der Waals surface area contributed by atoms with Gasteiger partial charge in [-0.3, -0.25) is 24.5 Å². The predicted octanol–water partition coefficient (Wildman–Crippen LogP) is 2.97. The van der Waals surface area contributed by atoms with Crippen LogP contribution < -0.4 is 5.32 Å². The zero-order valence-corrected chi connectivity index (χ0v) is 17.3. The van der Waals surface area contributed by atoms with Gasteiger partial charge in [0.05, 0.1) is 6.42 Å². The number of ether oxygens (including phenoxy) is 1. The van der Waals surface area contributed by atoms with Gasteiger partial charge in [-0.05, 0) is 29.0 Å². The lowest BCUT2D eigenvalue weighted by Crippen LogP contribution is -2.28. The van der Waals surface area contributed by atoms with E-state index in [-0.39, 0.29) is 36.5 Å². The summed E-state index contributed by atoms with van der Waals surface area (Å²) in [6, 6.07) is 7.40. The molecule has 1 fully saturated rings. The number of hydrogen-bond donors (Lipinski definition) is 1. The fourth-order valence-electron chi connectivity index (χ4n) is 3.64. The summed E-state index contributed by atoms with van der Waals surface area (Å²) in [5.74, 6) is -2.72. The Hall–Kier alpha value is -2.77. The second-order valence-corrected chi connectivity index (χ2v) is 8.67. The molecule has 0 aromatic heterocycles. The molecule has 0 radical (unpaired) electrons. The van der Waals surface area contributed by atoms with Gasteiger partial charge in [0.25, 0.3) is 5.91 Å². The Labute approximate surface area is 170 Å². The third-order valence-corrected chi connectivity index (χ3v) is 5.33. The highest BCUT2D eigenvalue weighted by molar-refractivity contribution is 5.93. The van der Waals surface area contributed by atoms with Crippen LogP contribution in [0, 0.1) is 27.9 Å². The van der Waals surface area contributed by atoms with E-state index < -0.39 is 35.2 Å². The molecule has 1 aliphatic carbocycles. The molecule has 1 amide bonds. The molecule has 29 heavy (non-hydrogen) atoms. The summed E-state index contributed by atoms with van der Waals surface area (Å²) in [5.41, 5.74) is 1.71. The van der Waals surface area contributed by atoms with Crippen molar-refractivity contribution in [3.63, 3.8) is 0 Å². The van der Waals surface area contributed by atoms with Crippen molar-refractivity contribution in [3.8, 4) is 0 Å². The second-order valence-electron chi connectivity index (χ2n) is 8.67. The first kappa shape index (κ1) is 22.5. The molecule has 1 aromatic rings. The van der Waals surface area contributed by atoms with Crippen LogP contribution in [-0.4, -0.2) is 35.7 Å². The largest absolute Gasteiger partial charge is 0.456 e. The quantitative estimate of drug-likeness (QED) is 0.424. The molecule has 0 bridgehead atoms. The van der Waals surface area contributed by atoms with Gasteiger partial charge in [-0.15, -0.1) is 0 Å². The number of esters is 1. The van der Waals surface area contributed by atoms with Crippen LogP contribution in [0.1, 0.15) is 46.1 Å². The number of amides is 1. The maximum Gasteiger partial charge on any atom is 0.307 e. The van der Waals surface area contributed by atoms with E-state index in [9.17, 15) is 24.5 Å². The van der Waals surface area contributed by atoms with E-state index in [0.29, 0.717) is 5.69 Å². The van der Waals surface area contributed by atoms with Gasteiger partial charge in [0.1, 0.15) is 5.78 Å². The first-order valence-electron chi connectivity index (χ1n) is 9.68. The van der Waals surface area contributed by atoms with Gasteiger partial charge in [-0.1, -0.05) is 39.8 Å². The van der Waals surface area contributed by atoms with Crippen LogP contribution in [0.3, 0.4) is 0 Å². The third kappa shape index (κ3) is 6.37. The summed E-state index contributed by atoms with van der Waals surface area (Å²) in [6.45, 7) is 7.21. The molecule has 0 saturated heterocycles. The minimum absolute atomic E-state index is 0.000304. The van der Waals surface area contributed by atoms with Gasteiger partial charge in [-0.2, -0.15) is 0 Å². The second kappa shape index (κ2) is 9.15. The van der Waals surface area contributed by atoms with E-state index in [4.69, 9.17) is 4.74 Å².